The van der Waals surface area contributed by atoms with Gasteiger partial charge in [-0.25, -0.2) is 4.79 Å². The number of nitrogens with zero attached hydrogens (tertiary/aromatic N) is 1. The third kappa shape index (κ3) is 3.53. The maximum Gasteiger partial charge on any atom is 0.339 e. The Morgan fingerprint density at radius 3 is 2.60 bits per heavy atom. The van der Waals surface area contributed by atoms with Gasteiger partial charge in [-0.15, -0.1) is 0 Å². The van der Waals surface area contributed by atoms with Gasteiger partial charge in [0.2, 0.25) is 5.91 Å². The Morgan fingerprint density at radius 2 is 1.87 bits per heavy atom. The Bertz CT molecular complexity index is 1090. The number of rotatable bonds is 3. The summed E-state index contributed by atoms with van der Waals surface area (Å²) >= 11 is 12.5. The van der Waals surface area contributed by atoms with E-state index in [0.717, 1.165) is 0 Å². The number of esters is 1. The summed E-state index contributed by atoms with van der Waals surface area (Å²) < 4.78 is 4.89. The van der Waals surface area contributed by atoms with E-state index in [9.17, 15) is 14.4 Å². The highest BCUT2D eigenvalue weighted by Crippen LogP contribution is 2.45. The molecule has 1 heterocycles. The van der Waals surface area contributed by atoms with Gasteiger partial charge in [-0.3, -0.25) is 14.5 Å². The minimum atomic E-state index is -0.537. The van der Waals surface area contributed by atoms with Crippen LogP contribution in [0.3, 0.4) is 0 Å². The number of amides is 1. The SMILES string of the molecule is COC(=O)c1ccccc1N1C(=O)CC(c2ccc(Cl)cc2Cl)C2=C1CCCC2=O. The van der Waals surface area contributed by atoms with Crippen molar-refractivity contribution in [2.24, 2.45) is 0 Å². The van der Waals surface area contributed by atoms with Crippen molar-refractivity contribution in [1.29, 1.82) is 0 Å². The molecule has 7 heteroatoms. The number of benzene rings is 2. The molecule has 2 aromatic carbocycles. The lowest BCUT2D eigenvalue weighted by molar-refractivity contribution is -0.119. The molecule has 1 unspecified atom stereocenters. The molecule has 154 valence electrons. The summed E-state index contributed by atoms with van der Waals surface area (Å²) in [5, 5.41) is 0.914. The van der Waals surface area contributed by atoms with E-state index < -0.39 is 11.9 Å². The number of halogens is 2. The normalized spacial score (nSPS) is 19.0. The van der Waals surface area contributed by atoms with Crippen LogP contribution in [-0.4, -0.2) is 24.8 Å². The van der Waals surface area contributed by atoms with Crippen molar-refractivity contribution in [1.82, 2.24) is 0 Å². The zero-order chi connectivity index (χ0) is 21.4. The summed E-state index contributed by atoms with van der Waals surface area (Å²) in [5.41, 5.74) is 2.64. The maximum absolute atomic E-state index is 13.3. The molecular formula is C23H19Cl2NO4. The Morgan fingerprint density at radius 1 is 1.10 bits per heavy atom. The fraction of sp³-hybridized carbons (Fsp3) is 0.261. The minimum Gasteiger partial charge on any atom is -0.465 e. The van der Waals surface area contributed by atoms with Crippen LogP contribution in [0.4, 0.5) is 5.69 Å². The number of methoxy groups -OCH3 is 1. The van der Waals surface area contributed by atoms with Gasteiger partial charge in [-0.05, 0) is 42.7 Å². The molecular weight excluding hydrogens is 425 g/mol. The third-order valence-corrected chi connectivity index (χ3v) is 6.13. The first kappa shape index (κ1) is 20.6. The van der Waals surface area contributed by atoms with Crippen LogP contribution in [0.25, 0.3) is 0 Å². The molecule has 0 N–H and O–H groups in total. The molecule has 5 nitrogen and oxygen atoms in total. The second kappa shape index (κ2) is 8.25. The third-order valence-electron chi connectivity index (χ3n) is 5.56. The van der Waals surface area contributed by atoms with Crippen LogP contribution in [0.1, 0.15) is 47.5 Å². The zero-order valence-corrected chi connectivity index (χ0v) is 17.8. The molecule has 1 atom stereocenters. The van der Waals surface area contributed by atoms with Crippen molar-refractivity contribution in [2.45, 2.75) is 31.6 Å². The van der Waals surface area contributed by atoms with Crippen LogP contribution < -0.4 is 4.90 Å². The number of ketones is 1. The molecule has 2 aromatic rings. The van der Waals surface area contributed by atoms with Gasteiger partial charge in [0.1, 0.15) is 0 Å². The van der Waals surface area contributed by atoms with Gasteiger partial charge >= 0.3 is 5.97 Å². The molecule has 4 rings (SSSR count). The number of hydrogen-bond donors (Lipinski definition) is 0. The lowest BCUT2D eigenvalue weighted by Crippen LogP contribution is -2.41. The van der Waals surface area contributed by atoms with E-state index in [2.05, 4.69) is 0 Å². The van der Waals surface area contributed by atoms with E-state index in [1.54, 1.807) is 42.5 Å². The molecule has 0 aromatic heterocycles. The lowest BCUT2D eigenvalue weighted by Gasteiger charge is -2.39. The first-order valence-corrected chi connectivity index (χ1v) is 10.4. The Balaban J connectivity index is 1.90. The first-order chi connectivity index (χ1) is 14.4. The van der Waals surface area contributed by atoms with Crippen LogP contribution in [-0.2, 0) is 14.3 Å². The molecule has 30 heavy (non-hydrogen) atoms. The molecule has 0 spiro atoms. The number of Topliss-reactive ketones (excluding diaryl/α,β-unsaturated/α-hetero) is 1. The van der Waals surface area contributed by atoms with Crippen molar-refractivity contribution in [3.05, 3.63) is 74.9 Å². The van der Waals surface area contributed by atoms with Crippen molar-refractivity contribution < 1.29 is 19.1 Å². The topological polar surface area (TPSA) is 63.7 Å². The van der Waals surface area contributed by atoms with Gasteiger partial charge in [0.15, 0.2) is 5.78 Å². The second-order valence-corrected chi connectivity index (χ2v) is 8.14. The van der Waals surface area contributed by atoms with Crippen LogP contribution in [0.2, 0.25) is 10.0 Å². The summed E-state index contributed by atoms with van der Waals surface area (Å²) in [5.74, 6) is -1.17. The average Bonchev–Trinajstić information content (AvgIpc) is 2.73. The van der Waals surface area contributed by atoms with Gasteiger partial charge < -0.3 is 4.74 Å². The number of allylic oxidation sites excluding steroid dienone is 2. The van der Waals surface area contributed by atoms with Crippen molar-refractivity contribution in [3.63, 3.8) is 0 Å². The number of hydrogen-bond acceptors (Lipinski definition) is 4. The van der Waals surface area contributed by atoms with Crippen molar-refractivity contribution >= 4 is 46.5 Å². The molecule has 1 amide bonds. The summed E-state index contributed by atoms with van der Waals surface area (Å²) in [7, 11) is 1.30. The number of carbonyl (C=O) groups is 3. The molecule has 0 bridgehead atoms. The van der Waals surface area contributed by atoms with E-state index in [1.807, 2.05) is 0 Å². The summed E-state index contributed by atoms with van der Waals surface area (Å²) in [6.45, 7) is 0. The van der Waals surface area contributed by atoms with Gasteiger partial charge in [0.25, 0.3) is 0 Å². The van der Waals surface area contributed by atoms with E-state index in [1.165, 1.54) is 12.0 Å². The molecule has 0 fully saturated rings. The number of ether oxygens (including phenoxy) is 1. The molecule has 0 radical (unpaired) electrons. The quantitative estimate of drug-likeness (QED) is 0.603. The molecule has 0 saturated carbocycles. The van der Waals surface area contributed by atoms with Gasteiger partial charge in [0.05, 0.1) is 18.4 Å². The van der Waals surface area contributed by atoms with Crippen LogP contribution in [0, 0.1) is 0 Å². The van der Waals surface area contributed by atoms with Crippen molar-refractivity contribution in [3.8, 4) is 0 Å². The van der Waals surface area contributed by atoms with Crippen LogP contribution in [0.15, 0.2) is 53.7 Å². The summed E-state index contributed by atoms with van der Waals surface area (Å²) in [4.78, 5) is 40.1. The highest BCUT2D eigenvalue weighted by molar-refractivity contribution is 6.35. The van der Waals surface area contributed by atoms with Crippen LogP contribution in [0.5, 0.6) is 0 Å². The Hall–Kier alpha value is -2.63. The van der Waals surface area contributed by atoms with E-state index in [-0.39, 0.29) is 23.7 Å². The Kier molecular flexibility index (Phi) is 5.67. The monoisotopic (exact) mass is 443 g/mol. The minimum absolute atomic E-state index is 0.000292. The summed E-state index contributed by atoms with van der Waals surface area (Å²) in [6.07, 6.45) is 1.69. The lowest BCUT2D eigenvalue weighted by atomic mass is 9.77. The maximum atomic E-state index is 13.3. The molecule has 2 aliphatic rings. The predicted molar refractivity (Wildman–Crippen MR) is 115 cm³/mol. The van der Waals surface area contributed by atoms with Crippen molar-refractivity contribution in [2.75, 3.05) is 12.0 Å². The second-order valence-electron chi connectivity index (χ2n) is 7.30. The first-order valence-electron chi connectivity index (χ1n) is 9.64. The molecule has 1 aliphatic carbocycles. The fourth-order valence-corrected chi connectivity index (χ4v) is 4.81. The fourth-order valence-electron chi connectivity index (χ4n) is 4.27. The van der Waals surface area contributed by atoms with E-state index >= 15 is 0 Å². The zero-order valence-electron chi connectivity index (χ0n) is 16.3. The van der Waals surface area contributed by atoms with E-state index in [4.69, 9.17) is 27.9 Å². The number of carbonyl (C=O) groups excluding carboxylic acids is 3. The predicted octanol–water partition coefficient (Wildman–Crippen LogP) is 5.31. The van der Waals surface area contributed by atoms with E-state index in [0.29, 0.717) is 51.8 Å². The highest BCUT2D eigenvalue weighted by Gasteiger charge is 2.41. The van der Waals surface area contributed by atoms with Crippen LogP contribution >= 0.6 is 23.2 Å². The number of anilines is 1. The average molecular weight is 444 g/mol. The van der Waals surface area contributed by atoms with Gasteiger partial charge in [-0.1, -0.05) is 41.4 Å². The molecule has 0 saturated heterocycles. The standard InChI is InChI=1S/C23H19Cl2NO4/c1-30-23(29)15-5-2-3-6-18(15)26-19-7-4-8-20(27)22(19)16(12-21(26)28)14-10-9-13(24)11-17(14)25/h2-3,5-6,9-11,16H,4,7-8,12H2,1H3. The smallest absolute Gasteiger partial charge is 0.339 e. The highest BCUT2D eigenvalue weighted by atomic mass is 35.5. The van der Waals surface area contributed by atoms with Gasteiger partial charge in [0, 0.05) is 40.1 Å². The summed E-state index contributed by atoms with van der Waals surface area (Å²) in [6, 6.07) is 11.9. The molecule has 1 aliphatic heterocycles. The number of para-hydroxylation sites is 1. The largest absolute Gasteiger partial charge is 0.465 e. The van der Waals surface area contributed by atoms with Gasteiger partial charge in [-0.2, -0.15) is 0 Å². The Labute approximate surface area is 184 Å².